The summed E-state index contributed by atoms with van der Waals surface area (Å²) in [6.45, 7) is 8.97. The average molecular weight is 396 g/mol. The van der Waals surface area contributed by atoms with Crippen LogP contribution in [0.1, 0.15) is 12.5 Å². The third kappa shape index (κ3) is 4.00. The second-order valence-electron chi connectivity index (χ2n) is 7.19. The number of piperazine rings is 1. The zero-order valence-corrected chi connectivity index (χ0v) is 17.1. The van der Waals surface area contributed by atoms with Crippen molar-refractivity contribution in [3.8, 4) is 11.1 Å². The number of hydrogen-bond donors (Lipinski definition) is 1. The van der Waals surface area contributed by atoms with Gasteiger partial charge in [-0.3, -0.25) is 9.69 Å². The Kier molecular flexibility index (Phi) is 5.54. The van der Waals surface area contributed by atoms with Crippen LogP contribution in [0.5, 0.6) is 0 Å². The SMILES string of the molecule is CC(=O)N1CCN(CCNc2ncnc3scc(-c4ccc(C)cc4)c23)CC1. The van der Waals surface area contributed by atoms with Crippen molar-refractivity contribution in [2.45, 2.75) is 13.8 Å². The third-order valence-electron chi connectivity index (χ3n) is 5.27. The van der Waals surface area contributed by atoms with Gasteiger partial charge >= 0.3 is 0 Å². The van der Waals surface area contributed by atoms with Crippen LogP contribution >= 0.6 is 11.3 Å². The van der Waals surface area contributed by atoms with E-state index in [1.165, 1.54) is 16.7 Å². The zero-order valence-electron chi connectivity index (χ0n) is 16.3. The number of aromatic nitrogens is 2. The molecule has 0 bridgehead atoms. The molecule has 1 saturated heterocycles. The molecule has 6 nitrogen and oxygen atoms in total. The Labute approximate surface area is 169 Å². The molecule has 2 aromatic heterocycles. The molecule has 1 fully saturated rings. The molecule has 4 rings (SSSR count). The molecule has 0 atom stereocenters. The van der Waals surface area contributed by atoms with Crippen molar-refractivity contribution in [3.63, 3.8) is 0 Å². The number of hydrogen-bond acceptors (Lipinski definition) is 6. The van der Waals surface area contributed by atoms with Gasteiger partial charge in [0.1, 0.15) is 17.0 Å². The number of thiophene rings is 1. The van der Waals surface area contributed by atoms with Crippen molar-refractivity contribution in [1.29, 1.82) is 0 Å². The van der Waals surface area contributed by atoms with Crippen molar-refractivity contribution in [3.05, 3.63) is 41.5 Å². The van der Waals surface area contributed by atoms with Crippen LogP contribution in [-0.4, -0.2) is 64.9 Å². The lowest BCUT2D eigenvalue weighted by atomic mass is 10.0. The highest BCUT2D eigenvalue weighted by molar-refractivity contribution is 7.17. The average Bonchev–Trinajstić information content (AvgIpc) is 3.14. The lowest BCUT2D eigenvalue weighted by Crippen LogP contribution is -2.49. The molecule has 1 aliphatic rings. The molecule has 1 N–H and O–H groups in total. The fourth-order valence-corrected chi connectivity index (χ4v) is 4.49. The van der Waals surface area contributed by atoms with Gasteiger partial charge in [-0.05, 0) is 12.5 Å². The minimum Gasteiger partial charge on any atom is -0.368 e. The first kappa shape index (κ1) is 18.8. The first-order valence-electron chi connectivity index (χ1n) is 9.63. The smallest absolute Gasteiger partial charge is 0.219 e. The largest absolute Gasteiger partial charge is 0.368 e. The lowest BCUT2D eigenvalue weighted by Gasteiger charge is -2.34. The Morgan fingerprint density at radius 3 is 2.61 bits per heavy atom. The van der Waals surface area contributed by atoms with Crippen molar-refractivity contribution in [1.82, 2.24) is 19.8 Å². The highest BCUT2D eigenvalue weighted by Gasteiger charge is 2.18. The second-order valence-corrected chi connectivity index (χ2v) is 8.05. The maximum atomic E-state index is 11.5. The number of carbonyl (C=O) groups is 1. The van der Waals surface area contributed by atoms with E-state index in [4.69, 9.17) is 0 Å². The minimum atomic E-state index is 0.169. The van der Waals surface area contributed by atoms with Crippen molar-refractivity contribution < 1.29 is 4.79 Å². The topological polar surface area (TPSA) is 61.4 Å². The molecule has 0 saturated carbocycles. The van der Waals surface area contributed by atoms with E-state index >= 15 is 0 Å². The van der Waals surface area contributed by atoms with Crippen molar-refractivity contribution in [2.24, 2.45) is 0 Å². The summed E-state index contributed by atoms with van der Waals surface area (Å²) in [4.78, 5) is 25.7. The molecule has 3 aromatic rings. The number of aryl methyl sites for hydroxylation is 1. The van der Waals surface area contributed by atoms with E-state index in [9.17, 15) is 4.79 Å². The van der Waals surface area contributed by atoms with Crippen molar-refractivity contribution in [2.75, 3.05) is 44.6 Å². The van der Waals surface area contributed by atoms with Crippen LogP contribution in [0, 0.1) is 6.92 Å². The quantitative estimate of drug-likeness (QED) is 0.719. The van der Waals surface area contributed by atoms with E-state index in [2.05, 4.69) is 56.8 Å². The molecule has 146 valence electrons. The number of carbonyl (C=O) groups excluding carboxylic acids is 1. The van der Waals surface area contributed by atoms with Gasteiger partial charge in [0.15, 0.2) is 0 Å². The number of rotatable bonds is 5. The normalized spacial score (nSPS) is 15.1. The van der Waals surface area contributed by atoms with Crippen LogP contribution < -0.4 is 5.32 Å². The van der Waals surface area contributed by atoms with Gasteiger partial charge in [-0.2, -0.15) is 0 Å². The summed E-state index contributed by atoms with van der Waals surface area (Å²) in [5.74, 6) is 1.06. The number of nitrogens with one attached hydrogen (secondary N) is 1. The van der Waals surface area contributed by atoms with Gasteiger partial charge < -0.3 is 10.2 Å². The summed E-state index contributed by atoms with van der Waals surface area (Å²) in [7, 11) is 0. The molecular weight excluding hydrogens is 370 g/mol. The van der Waals surface area contributed by atoms with Crippen molar-refractivity contribution >= 4 is 33.3 Å². The number of fused-ring (bicyclic) bond motifs is 1. The van der Waals surface area contributed by atoms with E-state index in [-0.39, 0.29) is 5.91 Å². The third-order valence-corrected chi connectivity index (χ3v) is 6.16. The van der Waals surface area contributed by atoms with Crippen LogP contribution in [0.4, 0.5) is 5.82 Å². The fraction of sp³-hybridized carbons (Fsp3) is 0.381. The zero-order chi connectivity index (χ0) is 19.5. The van der Waals surface area contributed by atoms with Gasteiger partial charge in [-0.15, -0.1) is 11.3 Å². The molecule has 1 aromatic carbocycles. The summed E-state index contributed by atoms with van der Waals surface area (Å²) in [6, 6.07) is 8.58. The Morgan fingerprint density at radius 2 is 1.89 bits per heavy atom. The van der Waals surface area contributed by atoms with E-state index in [0.29, 0.717) is 0 Å². The predicted octanol–water partition coefficient (Wildman–Crippen LogP) is 3.24. The maximum Gasteiger partial charge on any atom is 0.219 e. The highest BCUT2D eigenvalue weighted by atomic mass is 32.1. The highest BCUT2D eigenvalue weighted by Crippen LogP contribution is 2.36. The molecule has 0 spiro atoms. The van der Waals surface area contributed by atoms with Crippen LogP contribution in [0.15, 0.2) is 36.0 Å². The molecule has 3 heterocycles. The molecule has 1 amide bonds. The Bertz CT molecular complexity index is 961. The lowest BCUT2D eigenvalue weighted by molar-refractivity contribution is -0.130. The van der Waals surface area contributed by atoms with Gasteiger partial charge in [0.05, 0.1) is 5.39 Å². The van der Waals surface area contributed by atoms with Gasteiger partial charge in [-0.25, -0.2) is 9.97 Å². The second kappa shape index (κ2) is 8.24. The van der Waals surface area contributed by atoms with Gasteiger partial charge in [0.2, 0.25) is 5.91 Å². The number of anilines is 1. The standard InChI is InChI=1S/C21H25N5OS/c1-15-3-5-17(6-4-15)18-13-28-21-19(18)20(23-14-24-21)22-7-8-25-9-11-26(12-10-25)16(2)27/h3-6,13-14H,7-12H2,1-2H3,(H,22,23,24). The predicted molar refractivity (Wildman–Crippen MR) is 115 cm³/mol. The number of benzene rings is 1. The first-order chi connectivity index (χ1) is 13.6. The maximum absolute atomic E-state index is 11.5. The monoisotopic (exact) mass is 395 g/mol. The number of amides is 1. The summed E-state index contributed by atoms with van der Waals surface area (Å²) in [5.41, 5.74) is 3.62. The van der Waals surface area contributed by atoms with E-state index in [1.807, 2.05) is 4.90 Å². The summed E-state index contributed by atoms with van der Waals surface area (Å²) in [6.07, 6.45) is 1.63. The number of nitrogens with zero attached hydrogens (tertiary/aromatic N) is 4. The summed E-state index contributed by atoms with van der Waals surface area (Å²) in [5, 5.41) is 6.77. The van der Waals surface area contributed by atoms with E-state index in [1.54, 1.807) is 24.6 Å². The van der Waals surface area contributed by atoms with E-state index < -0.39 is 0 Å². The van der Waals surface area contributed by atoms with Gasteiger partial charge in [0, 0.05) is 57.1 Å². The Balaban J connectivity index is 1.45. The van der Waals surface area contributed by atoms with Crippen LogP contribution in [0.25, 0.3) is 21.3 Å². The molecule has 28 heavy (non-hydrogen) atoms. The van der Waals surface area contributed by atoms with Crippen LogP contribution in [0.2, 0.25) is 0 Å². The summed E-state index contributed by atoms with van der Waals surface area (Å²) < 4.78 is 0. The Morgan fingerprint density at radius 1 is 1.14 bits per heavy atom. The molecule has 0 aliphatic carbocycles. The fourth-order valence-electron chi connectivity index (χ4n) is 3.57. The molecule has 0 unspecified atom stereocenters. The molecular formula is C21H25N5OS. The van der Waals surface area contributed by atoms with Crippen LogP contribution in [-0.2, 0) is 4.79 Å². The first-order valence-corrected chi connectivity index (χ1v) is 10.5. The van der Waals surface area contributed by atoms with E-state index in [0.717, 1.165) is 55.3 Å². The van der Waals surface area contributed by atoms with Gasteiger partial charge in [-0.1, -0.05) is 29.8 Å². The summed E-state index contributed by atoms with van der Waals surface area (Å²) >= 11 is 1.65. The van der Waals surface area contributed by atoms with Crippen LogP contribution in [0.3, 0.4) is 0 Å². The molecule has 1 aliphatic heterocycles. The molecule has 0 radical (unpaired) electrons. The Hall–Kier alpha value is -2.51. The minimum absolute atomic E-state index is 0.169. The molecule has 7 heteroatoms. The van der Waals surface area contributed by atoms with Gasteiger partial charge in [0.25, 0.3) is 0 Å².